The van der Waals surface area contributed by atoms with E-state index in [1.807, 2.05) is 36.4 Å². The van der Waals surface area contributed by atoms with Crippen LogP contribution in [-0.2, 0) is 5.41 Å². The monoisotopic (exact) mass is 682 g/mol. The van der Waals surface area contributed by atoms with E-state index in [2.05, 4.69) is 145 Å². The normalized spacial score (nSPS) is 16.1. The van der Waals surface area contributed by atoms with Gasteiger partial charge in [-0.25, -0.2) is 9.98 Å². The molecule has 11 rings (SSSR count). The molecule has 0 saturated carbocycles. The van der Waals surface area contributed by atoms with Crippen molar-refractivity contribution in [3.8, 4) is 16.8 Å². The van der Waals surface area contributed by atoms with Crippen molar-refractivity contribution >= 4 is 55.4 Å². The molecular weight excluding hydrogens is 649 g/mol. The molecule has 0 fully saturated rings. The second kappa shape index (κ2) is 11.1. The van der Waals surface area contributed by atoms with Crippen LogP contribution in [0.3, 0.4) is 0 Å². The van der Waals surface area contributed by atoms with Gasteiger partial charge in [-0.15, -0.1) is 0 Å². The molecule has 1 aliphatic heterocycles. The zero-order chi connectivity index (χ0) is 35.3. The maximum absolute atomic E-state index is 6.70. The van der Waals surface area contributed by atoms with E-state index in [0.717, 1.165) is 50.2 Å². The second-order valence-corrected chi connectivity index (χ2v) is 14.6. The van der Waals surface area contributed by atoms with Crippen molar-refractivity contribution in [1.29, 1.82) is 0 Å². The summed E-state index contributed by atoms with van der Waals surface area (Å²) >= 11 is 0. The standard InChI is InChI=1S/C48H34N4O/c1-48(2)38-21-11-9-18-32(38)36-28-41-37(27-39(36)48)33-19-10-12-22-40(33)52(41)31-24-25-34-43(26-31)53-42-23-13-20-35(44(34)42)47-50-45(29-14-5-3-6-15-29)49-46(51-47)30-16-7-4-8-17-30/h3-28,47H,1-2H3,(H,49,50,51). The average Bonchev–Trinajstić information content (AvgIpc) is 3.82. The smallest absolute Gasteiger partial charge is 0.159 e. The number of amidine groups is 2. The number of hydrogen-bond acceptors (Lipinski definition) is 4. The third kappa shape index (κ3) is 4.44. The Kier molecular flexibility index (Phi) is 6.30. The van der Waals surface area contributed by atoms with Crippen molar-refractivity contribution in [2.45, 2.75) is 25.4 Å². The fraction of sp³-hybridized carbons (Fsp3) is 0.0833. The van der Waals surface area contributed by atoms with Gasteiger partial charge < -0.3 is 14.3 Å². The predicted octanol–water partition coefficient (Wildman–Crippen LogP) is 11.5. The number of para-hydroxylation sites is 1. The Morgan fingerprint density at radius 3 is 2.19 bits per heavy atom. The van der Waals surface area contributed by atoms with E-state index in [0.29, 0.717) is 5.84 Å². The van der Waals surface area contributed by atoms with E-state index >= 15 is 0 Å². The maximum Gasteiger partial charge on any atom is 0.159 e. The lowest BCUT2D eigenvalue weighted by Crippen LogP contribution is -2.33. The predicted molar refractivity (Wildman–Crippen MR) is 217 cm³/mol. The summed E-state index contributed by atoms with van der Waals surface area (Å²) in [6, 6.07) is 55.8. The molecule has 7 aromatic carbocycles. The summed E-state index contributed by atoms with van der Waals surface area (Å²) in [6.45, 7) is 4.69. The minimum atomic E-state index is -0.367. The lowest BCUT2D eigenvalue weighted by atomic mass is 9.82. The number of rotatable bonds is 4. The Bertz CT molecular complexity index is 3000. The molecule has 9 aromatic rings. The molecule has 2 aliphatic rings. The van der Waals surface area contributed by atoms with Crippen LogP contribution in [0.2, 0.25) is 0 Å². The molecule has 0 bridgehead atoms. The van der Waals surface area contributed by atoms with Crippen LogP contribution < -0.4 is 5.32 Å². The summed E-state index contributed by atoms with van der Waals surface area (Å²) in [6.07, 6.45) is -0.367. The third-order valence-corrected chi connectivity index (χ3v) is 11.3. The highest BCUT2D eigenvalue weighted by Gasteiger charge is 2.36. The summed E-state index contributed by atoms with van der Waals surface area (Å²) in [4.78, 5) is 10.2. The Morgan fingerprint density at radius 1 is 0.585 bits per heavy atom. The molecule has 1 aliphatic carbocycles. The van der Waals surface area contributed by atoms with E-state index in [1.54, 1.807) is 0 Å². The highest BCUT2D eigenvalue weighted by atomic mass is 16.3. The SMILES string of the molecule is CC1(C)c2ccccc2-c2cc3c(cc21)c1ccccc1n3-c1ccc2c(c1)oc1cccc(C3N=C(c4ccccc4)N=C(c4ccccc4)N3)c12. The first-order chi connectivity index (χ1) is 26.0. The summed E-state index contributed by atoms with van der Waals surface area (Å²) in [5.41, 5.74) is 13.5. The lowest BCUT2D eigenvalue weighted by molar-refractivity contribution is 0.661. The van der Waals surface area contributed by atoms with E-state index in [1.165, 1.54) is 44.1 Å². The molecule has 1 N–H and O–H groups in total. The molecule has 0 saturated heterocycles. The maximum atomic E-state index is 6.70. The first kappa shape index (κ1) is 30.0. The molecule has 1 atom stereocenters. The third-order valence-electron chi connectivity index (χ3n) is 11.3. The first-order valence-electron chi connectivity index (χ1n) is 18.2. The van der Waals surface area contributed by atoms with Gasteiger partial charge in [-0.2, -0.15) is 0 Å². The fourth-order valence-electron chi connectivity index (χ4n) is 8.72. The van der Waals surface area contributed by atoms with Gasteiger partial charge in [0.15, 0.2) is 5.84 Å². The topological polar surface area (TPSA) is 54.8 Å². The van der Waals surface area contributed by atoms with Crippen molar-refractivity contribution in [2.75, 3.05) is 0 Å². The molecule has 252 valence electrons. The number of fused-ring (bicyclic) bond motifs is 9. The Balaban J connectivity index is 1.08. The van der Waals surface area contributed by atoms with Crippen molar-refractivity contribution in [3.63, 3.8) is 0 Å². The second-order valence-electron chi connectivity index (χ2n) is 14.6. The highest BCUT2D eigenvalue weighted by molar-refractivity contribution is 6.15. The Labute approximate surface area is 306 Å². The van der Waals surface area contributed by atoms with Crippen LogP contribution in [0.1, 0.15) is 47.8 Å². The van der Waals surface area contributed by atoms with Crippen LogP contribution in [0.25, 0.3) is 60.6 Å². The minimum Gasteiger partial charge on any atom is -0.456 e. The first-order valence-corrected chi connectivity index (χ1v) is 18.2. The molecule has 1 unspecified atom stereocenters. The van der Waals surface area contributed by atoms with Crippen LogP contribution in [0.15, 0.2) is 172 Å². The molecule has 5 heteroatoms. The number of aliphatic imine (C=N–C) groups is 2. The summed E-state index contributed by atoms with van der Waals surface area (Å²) in [5.74, 6) is 1.49. The zero-order valence-corrected chi connectivity index (χ0v) is 29.3. The van der Waals surface area contributed by atoms with Gasteiger partial charge in [0, 0.05) is 55.4 Å². The van der Waals surface area contributed by atoms with Gasteiger partial charge in [0.2, 0.25) is 0 Å². The van der Waals surface area contributed by atoms with E-state index in [9.17, 15) is 0 Å². The van der Waals surface area contributed by atoms with Crippen molar-refractivity contribution in [2.24, 2.45) is 9.98 Å². The molecule has 0 spiro atoms. The molecule has 5 nitrogen and oxygen atoms in total. The van der Waals surface area contributed by atoms with Gasteiger partial charge in [-0.05, 0) is 58.7 Å². The Morgan fingerprint density at radius 2 is 1.34 bits per heavy atom. The molecule has 3 heterocycles. The number of hydrogen-bond donors (Lipinski definition) is 1. The number of aromatic nitrogens is 1. The van der Waals surface area contributed by atoms with E-state index < -0.39 is 0 Å². The molecule has 2 aromatic heterocycles. The van der Waals surface area contributed by atoms with Crippen LogP contribution >= 0.6 is 0 Å². The molecule has 0 amide bonds. The number of benzene rings is 7. The highest BCUT2D eigenvalue weighted by Crippen LogP contribution is 2.51. The fourth-order valence-corrected chi connectivity index (χ4v) is 8.72. The summed E-state index contributed by atoms with van der Waals surface area (Å²) < 4.78 is 9.09. The summed E-state index contributed by atoms with van der Waals surface area (Å²) in [7, 11) is 0. The van der Waals surface area contributed by atoms with Gasteiger partial charge in [0.1, 0.15) is 23.2 Å². The molecule has 0 radical (unpaired) electrons. The number of nitrogens with one attached hydrogen (secondary N) is 1. The van der Waals surface area contributed by atoms with Gasteiger partial charge in [-0.3, -0.25) is 0 Å². The van der Waals surface area contributed by atoms with Crippen molar-refractivity contribution < 1.29 is 4.42 Å². The molecular formula is C48H34N4O. The van der Waals surface area contributed by atoms with Crippen LogP contribution in [0.4, 0.5) is 0 Å². The van der Waals surface area contributed by atoms with Crippen LogP contribution in [-0.4, -0.2) is 16.2 Å². The largest absolute Gasteiger partial charge is 0.456 e. The lowest BCUT2D eigenvalue weighted by Gasteiger charge is -2.24. The van der Waals surface area contributed by atoms with Crippen molar-refractivity contribution in [1.82, 2.24) is 9.88 Å². The van der Waals surface area contributed by atoms with Crippen LogP contribution in [0.5, 0.6) is 0 Å². The van der Waals surface area contributed by atoms with Crippen LogP contribution in [0, 0.1) is 0 Å². The van der Waals surface area contributed by atoms with E-state index in [-0.39, 0.29) is 11.6 Å². The summed E-state index contributed by atoms with van der Waals surface area (Å²) in [5, 5.41) is 8.27. The minimum absolute atomic E-state index is 0.0684. The van der Waals surface area contributed by atoms with E-state index in [4.69, 9.17) is 14.4 Å². The van der Waals surface area contributed by atoms with Gasteiger partial charge in [0.25, 0.3) is 0 Å². The van der Waals surface area contributed by atoms with Gasteiger partial charge in [0.05, 0.1) is 11.0 Å². The average molecular weight is 683 g/mol. The molecule has 53 heavy (non-hydrogen) atoms. The van der Waals surface area contributed by atoms with Crippen molar-refractivity contribution in [3.05, 3.63) is 186 Å². The van der Waals surface area contributed by atoms with Gasteiger partial charge >= 0.3 is 0 Å². The van der Waals surface area contributed by atoms with Gasteiger partial charge in [-0.1, -0.05) is 129 Å². The zero-order valence-electron chi connectivity index (χ0n) is 29.3. The number of furan rings is 1. The quantitative estimate of drug-likeness (QED) is 0.201. The Hall–Kier alpha value is -6.72. The number of nitrogens with zero attached hydrogens (tertiary/aromatic N) is 3.